The molecular formula is C24H21FN2O4S. The molecule has 1 atom stereocenters. The smallest absolute Gasteiger partial charge is 0.338 e. The number of aromatic nitrogens is 1. The fourth-order valence-electron chi connectivity index (χ4n) is 3.63. The number of carbonyl (C=O) groups excluding carboxylic acids is 1. The zero-order valence-corrected chi connectivity index (χ0v) is 18.6. The van der Waals surface area contributed by atoms with Gasteiger partial charge >= 0.3 is 5.97 Å². The molecule has 0 fully saturated rings. The summed E-state index contributed by atoms with van der Waals surface area (Å²) in [6, 6.07) is 12.6. The lowest BCUT2D eigenvalue weighted by Crippen LogP contribution is -2.39. The highest BCUT2D eigenvalue weighted by Gasteiger charge is 2.33. The number of benzene rings is 2. The second-order valence-electron chi connectivity index (χ2n) is 7.10. The van der Waals surface area contributed by atoms with Gasteiger partial charge in [-0.15, -0.1) is 0 Å². The van der Waals surface area contributed by atoms with Crippen LogP contribution < -0.4 is 19.6 Å². The summed E-state index contributed by atoms with van der Waals surface area (Å²) in [6.07, 6.45) is 1.51. The Balaban J connectivity index is 1.96. The molecule has 1 aromatic heterocycles. The Kier molecular flexibility index (Phi) is 6.05. The zero-order chi connectivity index (χ0) is 22.8. The lowest BCUT2D eigenvalue weighted by molar-refractivity contribution is -0.139. The Bertz CT molecular complexity index is 1390. The maximum absolute atomic E-state index is 14.2. The third kappa shape index (κ3) is 3.89. The lowest BCUT2D eigenvalue weighted by atomic mass is 9.96. The summed E-state index contributed by atoms with van der Waals surface area (Å²) < 4.78 is 26.5. The number of ether oxygens (including phenoxy) is 2. The van der Waals surface area contributed by atoms with Crippen molar-refractivity contribution in [3.8, 4) is 5.75 Å². The highest BCUT2D eigenvalue weighted by molar-refractivity contribution is 7.07. The van der Waals surface area contributed by atoms with Gasteiger partial charge in [0.05, 0.1) is 35.6 Å². The van der Waals surface area contributed by atoms with E-state index in [1.807, 2.05) is 0 Å². The van der Waals surface area contributed by atoms with Gasteiger partial charge in [-0.2, -0.15) is 0 Å². The van der Waals surface area contributed by atoms with E-state index in [1.54, 1.807) is 63.4 Å². The van der Waals surface area contributed by atoms with E-state index in [-0.39, 0.29) is 12.2 Å². The van der Waals surface area contributed by atoms with Crippen molar-refractivity contribution in [2.45, 2.75) is 19.9 Å². The van der Waals surface area contributed by atoms with Gasteiger partial charge < -0.3 is 9.47 Å². The van der Waals surface area contributed by atoms with Crippen molar-refractivity contribution in [2.75, 3.05) is 13.7 Å². The minimum absolute atomic E-state index is 0.197. The Labute approximate surface area is 187 Å². The van der Waals surface area contributed by atoms with Crippen LogP contribution in [0.4, 0.5) is 4.39 Å². The molecule has 1 aliphatic rings. The fourth-order valence-corrected chi connectivity index (χ4v) is 4.66. The summed E-state index contributed by atoms with van der Waals surface area (Å²) in [7, 11) is 1.56. The number of hydrogen-bond donors (Lipinski definition) is 0. The lowest BCUT2D eigenvalue weighted by Gasteiger charge is -2.24. The Morgan fingerprint density at radius 2 is 1.94 bits per heavy atom. The van der Waals surface area contributed by atoms with Crippen molar-refractivity contribution in [3.05, 3.63) is 96.4 Å². The van der Waals surface area contributed by atoms with E-state index in [1.165, 1.54) is 16.7 Å². The molecule has 6 nitrogen and oxygen atoms in total. The molecule has 1 aliphatic heterocycles. The molecule has 0 aliphatic carbocycles. The first-order chi connectivity index (χ1) is 15.4. The van der Waals surface area contributed by atoms with Crippen molar-refractivity contribution in [1.29, 1.82) is 0 Å². The number of halogens is 1. The van der Waals surface area contributed by atoms with Crippen LogP contribution in [0.25, 0.3) is 6.08 Å². The van der Waals surface area contributed by atoms with Gasteiger partial charge in [-0.3, -0.25) is 9.36 Å². The summed E-state index contributed by atoms with van der Waals surface area (Å²) in [4.78, 5) is 31.2. The highest BCUT2D eigenvalue weighted by atomic mass is 32.1. The standard InChI is InChI=1S/C24H21FN2O4S/c1-4-31-23(29)20-14(2)26-24-27(21(20)15-9-11-17(30-3)12-10-15)22(28)19(32-24)13-16-7-5-6-8-18(16)25/h5-13,21H,4H2,1-3H3/b19-13-. The number of carbonyl (C=O) groups is 1. The van der Waals surface area contributed by atoms with E-state index in [9.17, 15) is 14.0 Å². The van der Waals surface area contributed by atoms with Gasteiger partial charge in [-0.05, 0) is 43.7 Å². The minimum atomic E-state index is -0.723. The molecule has 0 saturated heterocycles. The van der Waals surface area contributed by atoms with Crippen LogP contribution in [0.2, 0.25) is 0 Å². The highest BCUT2D eigenvalue weighted by Crippen LogP contribution is 2.31. The summed E-state index contributed by atoms with van der Waals surface area (Å²) in [5.41, 5.74) is 1.43. The second-order valence-corrected chi connectivity index (χ2v) is 8.11. The monoisotopic (exact) mass is 452 g/mol. The minimum Gasteiger partial charge on any atom is -0.497 e. The molecule has 32 heavy (non-hydrogen) atoms. The van der Waals surface area contributed by atoms with E-state index in [2.05, 4.69) is 4.99 Å². The van der Waals surface area contributed by atoms with Crippen molar-refractivity contribution >= 4 is 23.4 Å². The molecular weight excluding hydrogens is 431 g/mol. The molecule has 0 amide bonds. The van der Waals surface area contributed by atoms with Crippen LogP contribution in [0.15, 0.2) is 69.6 Å². The molecule has 0 radical (unpaired) electrons. The van der Waals surface area contributed by atoms with E-state index in [0.29, 0.717) is 37.5 Å². The maximum atomic E-state index is 14.2. The first-order valence-corrected chi connectivity index (χ1v) is 10.8. The van der Waals surface area contributed by atoms with E-state index < -0.39 is 17.8 Å². The zero-order valence-electron chi connectivity index (χ0n) is 17.8. The molecule has 2 aromatic carbocycles. The number of rotatable bonds is 5. The SMILES string of the molecule is CCOC(=O)C1=C(C)N=c2s/c(=C\c3ccccc3F)c(=O)n2C1c1ccc(OC)cc1. The third-order valence-corrected chi connectivity index (χ3v) is 6.12. The second kappa shape index (κ2) is 8.92. The van der Waals surface area contributed by atoms with Gasteiger partial charge in [-0.25, -0.2) is 14.2 Å². The molecule has 0 saturated carbocycles. The van der Waals surface area contributed by atoms with E-state index in [0.717, 1.165) is 11.3 Å². The summed E-state index contributed by atoms with van der Waals surface area (Å²) >= 11 is 1.15. The Morgan fingerprint density at radius 3 is 2.59 bits per heavy atom. The predicted octanol–water partition coefficient (Wildman–Crippen LogP) is 2.95. The number of fused-ring (bicyclic) bond motifs is 1. The number of thiazole rings is 1. The third-order valence-electron chi connectivity index (χ3n) is 5.14. The Hall–Kier alpha value is -3.52. The fraction of sp³-hybridized carbons (Fsp3) is 0.208. The average molecular weight is 453 g/mol. The van der Waals surface area contributed by atoms with Crippen LogP contribution in [-0.4, -0.2) is 24.3 Å². The summed E-state index contributed by atoms with van der Waals surface area (Å²) in [5.74, 6) is -0.300. The number of esters is 1. The summed E-state index contributed by atoms with van der Waals surface area (Å²) in [5, 5.41) is 0. The first-order valence-electron chi connectivity index (χ1n) is 10.0. The van der Waals surface area contributed by atoms with E-state index in [4.69, 9.17) is 9.47 Å². The number of nitrogens with zero attached hydrogens (tertiary/aromatic N) is 2. The first kappa shape index (κ1) is 21.7. The van der Waals surface area contributed by atoms with Crippen LogP contribution in [-0.2, 0) is 9.53 Å². The van der Waals surface area contributed by atoms with Crippen molar-refractivity contribution < 1.29 is 18.7 Å². The number of hydrogen-bond acceptors (Lipinski definition) is 6. The van der Waals surface area contributed by atoms with Crippen LogP contribution in [0.3, 0.4) is 0 Å². The van der Waals surface area contributed by atoms with Crippen LogP contribution in [0, 0.1) is 5.82 Å². The quantitative estimate of drug-likeness (QED) is 0.558. The molecule has 1 unspecified atom stereocenters. The van der Waals surface area contributed by atoms with E-state index >= 15 is 0 Å². The Morgan fingerprint density at radius 1 is 1.22 bits per heavy atom. The maximum Gasteiger partial charge on any atom is 0.338 e. The number of methoxy groups -OCH3 is 1. The van der Waals surface area contributed by atoms with Gasteiger partial charge in [0, 0.05) is 5.56 Å². The molecule has 8 heteroatoms. The molecule has 164 valence electrons. The van der Waals surface area contributed by atoms with Crippen molar-refractivity contribution in [2.24, 2.45) is 4.99 Å². The van der Waals surface area contributed by atoms with Gasteiger partial charge in [0.25, 0.3) is 5.56 Å². The van der Waals surface area contributed by atoms with Crippen LogP contribution >= 0.6 is 11.3 Å². The average Bonchev–Trinajstić information content (AvgIpc) is 3.09. The van der Waals surface area contributed by atoms with Crippen molar-refractivity contribution in [3.63, 3.8) is 0 Å². The van der Waals surface area contributed by atoms with Gasteiger partial charge in [0.1, 0.15) is 11.6 Å². The molecule has 0 bridgehead atoms. The predicted molar refractivity (Wildman–Crippen MR) is 120 cm³/mol. The van der Waals surface area contributed by atoms with Gasteiger partial charge in [-0.1, -0.05) is 41.7 Å². The van der Waals surface area contributed by atoms with Gasteiger partial charge in [0.2, 0.25) is 0 Å². The topological polar surface area (TPSA) is 69.9 Å². The number of allylic oxidation sites excluding steroid dienone is 1. The molecule has 3 aromatic rings. The molecule has 0 N–H and O–H groups in total. The normalized spacial score (nSPS) is 15.9. The molecule has 4 rings (SSSR count). The largest absolute Gasteiger partial charge is 0.497 e. The van der Waals surface area contributed by atoms with Crippen LogP contribution in [0.1, 0.15) is 31.0 Å². The summed E-state index contributed by atoms with van der Waals surface area (Å²) in [6.45, 7) is 3.64. The molecule has 2 heterocycles. The molecule has 0 spiro atoms. The van der Waals surface area contributed by atoms with Gasteiger partial charge in [0.15, 0.2) is 4.80 Å². The van der Waals surface area contributed by atoms with Crippen LogP contribution in [0.5, 0.6) is 5.75 Å². The van der Waals surface area contributed by atoms with Crippen molar-refractivity contribution in [1.82, 2.24) is 4.57 Å².